The normalized spacial score (nSPS) is 21.6. The lowest BCUT2D eigenvalue weighted by Crippen LogP contribution is -2.30. The number of ether oxygens (including phenoxy) is 1. The molecule has 0 aromatic heterocycles. The van der Waals surface area contributed by atoms with Crippen molar-refractivity contribution in [1.29, 1.82) is 0 Å². The third-order valence-corrected chi connectivity index (χ3v) is 3.31. The molecule has 1 atom stereocenters. The zero-order valence-electron chi connectivity index (χ0n) is 10.3. The highest BCUT2D eigenvalue weighted by atomic mass is 16.5. The predicted octanol–water partition coefficient (Wildman–Crippen LogP) is 0.224. The van der Waals surface area contributed by atoms with Gasteiger partial charge in [0.05, 0.1) is 11.8 Å². The fourth-order valence-electron chi connectivity index (χ4n) is 2.33. The molecule has 6 nitrogen and oxygen atoms in total. The summed E-state index contributed by atoms with van der Waals surface area (Å²) >= 11 is 0. The molecule has 1 saturated heterocycles. The molecule has 1 aromatic rings. The first-order chi connectivity index (χ1) is 9.13. The van der Waals surface area contributed by atoms with Gasteiger partial charge in [-0.15, -0.1) is 0 Å². The number of rotatable bonds is 1. The van der Waals surface area contributed by atoms with E-state index in [0.717, 1.165) is 0 Å². The van der Waals surface area contributed by atoms with Crippen LogP contribution in [0.3, 0.4) is 0 Å². The van der Waals surface area contributed by atoms with Crippen LogP contribution in [0.25, 0.3) is 0 Å². The first-order valence-electron chi connectivity index (χ1n) is 6.17. The SMILES string of the molecule is O=C1COc2ccc(C(=O)N3CC[C@H](O)C3)cc2N1. The van der Waals surface area contributed by atoms with Crippen LogP contribution < -0.4 is 10.1 Å². The van der Waals surface area contributed by atoms with Crippen molar-refractivity contribution in [2.24, 2.45) is 0 Å². The van der Waals surface area contributed by atoms with Crippen molar-refractivity contribution in [2.75, 3.05) is 25.0 Å². The third kappa shape index (κ3) is 2.26. The minimum Gasteiger partial charge on any atom is -0.482 e. The van der Waals surface area contributed by atoms with Gasteiger partial charge in [0, 0.05) is 18.7 Å². The molecule has 2 N–H and O–H groups in total. The van der Waals surface area contributed by atoms with E-state index in [1.165, 1.54) is 0 Å². The van der Waals surface area contributed by atoms with Gasteiger partial charge in [0.25, 0.3) is 11.8 Å². The van der Waals surface area contributed by atoms with E-state index >= 15 is 0 Å². The second kappa shape index (κ2) is 4.55. The van der Waals surface area contributed by atoms with Crippen molar-refractivity contribution in [2.45, 2.75) is 12.5 Å². The average Bonchev–Trinajstić information content (AvgIpc) is 2.83. The van der Waals surface area contributed by atoms with Crippen LogP contribution in [-0.2, 0) is 4.79 Å². The van der Waals surface area contributed by atoms with Gasteiger partial charge in [-0.3, -0.25) is 9.59 Å². The Morgan fingerprint density at radius 2 is 2.32 bits per heavy atom. The van der Waals surface area contributed by atoms with Crippen molar-refractivity contribution in [3.8, 4) is 5.75 Å². The van der Waals surface area contributed by atoms with Gasteiger partial charge in [0.1, 0.15) is 5.75 Å². The maximum absolute atomic E-state index is 12.2. The number of hydrogen-bond donors (Lipinski definition) is 2. The molecule has 0 saturated carbocycles. The quantitative estimate of drug-likeness (QED) is 0.759. The fourth-order valence-corrected chi connectivity index (χ4v) is 2.33. The lowest BCUT2D eigenvalue weighted by atomic mass is 10.1. The minimum absolute atomic E-state index is 0.00138. The molecule has 2 aliphatic heterocycles. The molecule has 100 valence electrons. The summed E-state index contributed by atoms with van der Waals surface area (Å²) in [5.74, 6) is 0.200. The van der Waals surface area contributed by atoms with Crippen molar-refractivity contribution in [3.63, 3.8) is 0 Å². The summed E-state index contributed by atoms with van der Waals surface area (Å²) in [6.07, 6.45) is 0.167. The number of benzene rings is 1. The molecule has 1 aromatic carbocycles. The number of carbonyl (C=O) groups excluding carboxylic acids is 2. The second-order valence-corrected chi connectivity index (χ2v) is 4.74. The number of aliphatic hydroxyl groups is 1. The highest BCUT2D eigenvalue weighted by Crippen LogP contribution is 2.29. The number of nitrogens with one attached hydrogen (secondary N) is 1. The smallest absolute Gasteiger partial charge is 0.262 e. The molecule has 0 aliphatic carbocycles. The minimum atomic E-state index is -0.440. The van der Waals surface area contributed by atoms with E-state index in [0.29, 0.717) is 36.5 Å². The second-order valence-electron chi connectivity index (χ2n) is 4.74. The zero-order valence-corrected chi connectivity index (χ0v) is 10.3. The monoisotopic (exact) mass is 262 g/mol. The molecule has 2 heterocycles. The van der Waals surface area contributed by atoms with Crippen LogP contribution in [0.4, 0.5) is 5.69 Å². The molecule has 1 fully saturated rings. The molecular weight excluding hydrogens is 248 g/mol. The van der Waals surface area contributed by atoms with Gasteiger partial charge < -0.3 is 20.1 Å². The number of β-amino-alcohol motifs (C(OH)–C–C–N with tert-alkyl or cyclic N) is 1. The molecule has 2 amide bonds. The largest absolute Gasteiger partial charge is 0.482 e. The van der Waals surface area contributed by atoms with E-state index in [4.69, 9.17) is 4.74 Å². The standard InChI is InChI=1S/C13H14N2O4/c16-9-3-4-15(6-9)13(18)8-1-2-11-10(5-8)14-12(17)7-19-11/h1-2,5,9,16H,3-4,6-7H2,(H,14,17)/t9-/m0/s1. The van der Waals surface area contributed by atoms with Gasteiger partial charge in [0.2, 0.25) is 0 Å². The molecule has 19 heavy (non-hydrogen) atoms. The Labute approximate surface area is 110 Å². The highest BCUT2D eigenvalue weighted by molar-refractivity contribution is 5.99. The van der Waals surface area contributed by atoms with Crippen molar-refractivity contribution < 1.29 is 19.4 Å². The lowest BCUT2D eigenvalue weighted by Gasteiger charge is -2.20. The van der Waals surface area contributed by atoms with Crippen LogP contribution >= 0.6 is 0 Å². The number of carbonyl (C=O) groups is 2. The number of anilines is 1. The molecule has 0 unspecified atom stereocenters. The van der Waals surface area contributed by atoms with Gasteiger partial charge in [-0.25, -0.2) is 0 Å². The Morgan fingerprint density at radius 3 is 3.05 bits per heavy atom. The van der Waals surface area contributed by atoms with E-state index in [9.17, 15) is 14.7 Å². The van der Waals surface area contributed by atoms with Crippen molar-refractivity contribution >= 4 is 17.5 Å². The number of fused-ring (bicyclic) bond motifs is 1. The first-order valence-corrected chi connectivity index (χ1v) is 6.17. The van der Waals surface area contributed by atoms with Crippen LogP contribution in [0.2, 0.25) is 0 Å². The fraction of sp³-hybridized carbons (Fsp3) is 0.385. The van der Waals surface area contributed by atoms with Gasteiger partial charge in [-0.1, -0.05) is 0 Å². The number of amides is 2. The lowest BCUT2D eigenvalue weighted by molar-refractivity contribution is -0.118. The molecule has 0 radical (unpaired) electrons. The number of nitrogens with zero attached hydrogens (tertiary/aromatic N) is 1. The number of aliphatic hydroxyl groups excluding tert-OH is 1. The van der Waals surface area contributed by atoms with Crippen molar-refractivity contribution in [3.05, 3.63) is 23.8 Å². The summed E-state index contributed by atoms with van der Waals surface area (Å²) in [7, 11) is 0. The van der Waals surface area contributed by atoms with Gasteiger partial charge in [-0.2, -0.15) is 0 Å². The van der Waals surface area contributed by atoms with E-state index in [2.05, 4.69) is 5.32 Å². The van der Waals surface area contributed by atoms with Gasteiger partial charge in [-0.05, 0) is 24.6 Å². The van der Waals surface area contributed by atoms with Gasteiger partial charge in [0.15, 0.2) is 6.61 Å². The maximum atomic E-state index is 12.2. The number of hydrogen-bond acceptors (Lipinski definition) is 4. The topological polar surface area (TPSA) is 78.9 Å². The van der Waals surface area contributed by atoms with Gasteiger partial charge >= 0.3 is 0 Å². The van der Waals surface area contributed by atoms with Crippen LogP contribution in [0, 0.1) is 0 Å². The Bertz CT molecular complexity index is 543. The Hall–Kier alpha value is -2.08. The van der Waals surface area contributed by atoms with Crippen LogP contribution in [0.1, 0.15) is 16.8 Å². The van der Waals surface area contributed by atoms with Crippen molar-refractivity contribution in [1.82, 2.24) is 4.90 Å². The van der Waals surface area contributed by atoms with E-state index in [1.807, 2.05) is 0 Å². The Balaban J connectivity index is 1.83. The van der Waals surface area contributed by atoms with E-state index in [1.54, 1.807) is 23.1 Å². The average molecular weight is 262 g/mol. The summed E-state index contributed by atoms with van der Waals surface area (Å²) < 4.78 is 5.24. The predicted molar refractivity (Wildman–Crippen MR) is 67.1 cm³/mol. The summed E-state index contributed by atoms with van der Waals surface area (Å²) in [5, 5.41) is 12.1. The van der Waals surface area contributed by atoms with Crippen LogP contribution in [-0.4, -0.2) is 47.6 Å². The summed E-state index contributed by atoms with van der Waals surface area (Å²) in [6.45, 7) is 0.914. The molecule has 3 rings (SSSR count). The summed E-state index contributed by atoms with van der Waals surface area (Å²) in [5.41, 5.74) is 1.00. The van der Waals surface area contributed by atoms with Crippen LogP contribution in [0.15, 0.2) is 18.2 Å². The first kappa shape index (κ1) is 12.0. The molecular formula is C13H14N2O4. The Morgan fingerprint density at radius 1 is 1.47 bits per heavy atom. The highest BCUT2D eigenvalue weighted by Gasteiger charge is 2.26. The summed E-state index contributed by atoms with van der Waals surface area (Å²) in [6, 6.07) is 4.96. The molecule has 2 aliphatic rings. The molecule has 0 spiro atoms. The number of likely N-dealkylation sites (tertiary alicyclic amines) is 1. The zero-order chi connectivity index (χ0) is 13.4. The molecule has 0 bridgehead atoms. The van der Waals surface area contributed by atoms with Crippen LogP contribution in [0.5, 0.6) is 5.75 Å². The summed E-state index contributed by atoms with van der Waals surface area (Å²) in [4.78, 5) is 25.1. The molecule has 6 heteroatoms. The Kier molecular flexibility index (Phi) is 2.87. The van der Waals surface area contributed by atoms with E-state index < -0.39 is 6.10 Å². The maximum Gasteiger partial charge on any atom is 0.262 e. The van der Waals surface area contributed by atoms with E-state index in [-0.39, 0.29) is 18.4 Å². The third-order valence-electron chi connectivity index (χ3n) is 3.31.